The average Bonchev–Trinajstić information content (AvgIpc) is 3.86. The Hall–Kier alpha value is -6.38. The highest BCUT2D eigenvalue weighted by Gasteiger charge is 2.36. The summed E-state index contributed by atoms with van der Waals surface area (Å²) < 4.78 is 4.95. The normalized spacial score (nSPS) is 13.8. The maximum Gasteiger partial charge on any atom is 0.0620 e. The van der Waals surface area contributed by atoms with Crippen LogP contribution >= 0.6 is 0 Å². The Labute approximate surface area is 295 Å². The van der Waals surface area contributed by atoms with Gasteiger partial charge in [0.2, 0.25) is 0 Å². The van der Waals surface area contributed by atoms with E-state index in [0.29, 0.717) is 0 Å². The molecule has 0 N–H and O–H groups in total. The van der Waals surface area contributed by atoms with Crippen LogP contribution in [0.25, 0.3) is 99.1 Å². The van der Waals surface area contributed by atoms with E-state index in [1.807, 2.05) is 0 Å². The molecular formula is C49H32N2. The summed E-state index contributed by atoms with van der Waals surface area (Å²) in [5.74, 6) is 0. The van der Waals surface area contributed by atoms with Gasteiger partial charge >= 0.3 is 0 Å². The first-order valence-electron chi connectivity index (χ1n) is 17.9. The van der Waals surface area contributed by atoms with Gasteiger partial charge in [0.15, 0.2) is 0 Å². The molecule has 2 aliphatic carbocycles. The molecule has 12 rings (SSSR count). The van der Waals surface area contributed by atoms with Crippen LogP contribution < -0.4 is 0 Å². The van der Waals surface area contributed by atoms with Crippen LogP contribution in [-0.4, -0.2) is 9.13 Å². The molecule has 0 aliphatic heterocycles. The monoisotopic (exact) mass is 648 g/mol. The van der Waals surface area contributed by atoms with Crippen LogP contribution in [0.5, 0.6) is 0 Å². The highest BCUT2D eigenvalue weighted by Crippen LogP contribution is 2.52. The molecule has 0 spiro atoms. The smallest absolute Gasteiger partial charge is 0.0620 e. The topological polar surface area (TPSA) is 9.86 Å². The Morgan fingerprint density at radius 1 is 0.353 bits per heavy atom. The van der Waals surface area contributed by atoms with E-state index in [4.69, 9.17) is 0 Å². The van der Waals surface area contributed by atoms with E-state index in [0.717, 1.165) is 0 Å². The molecule has 0 bridgehead atoms. The third kappa shape index (κ3) is 3.38. The number of hydrogen-bond acceptors (Lipinski definition) is 0. The molecule has 2 heteroatoms. The van der Waals surface area contributed by atoms with Crippen LogP contribution in [0.1, 0.15) is 25.0 Å². The lowest BCUT2D eigenvalue weighted by Crippen LogP contribution is -2.14. The fraction of sp³-hybridized carbons (Fsp3) is 0.0612. The summed E-state index contributed by atoms with van der Waals surface area (Å²) in [6.07, 6.45) is 0. The van der Waals surface area contributed by atoms with Gasteiger partial charge in [-0.2, -0.15) is 0 Å². The van der Waals surface area contributed by atoms with Gasteiger partial charge in [-0.05, 0) is 104 Å². The molecule has 51 heavy (non-hydrogen) atoms. The number of hydrogen-bond donors (Lipinski definition) is 0. The van der Waals surface area contributed by atoms with Gasteiger partial charge in [0.25, 0.3) is 0 Å². The van der Waals surface area contributed by atoms with Crippen molar-refractivity contribution in [1.29, 1.82) is 0 Å². The van der Waals surface area contributed by atoms with Crippen LogP contribution in [0.3, 0.4) is 0 Å². The van der Waals surface area contributed by atoms with Gasteiger partial charge in [-0.15, -0.1) is 0 Å². The Morgan fingerprint density at radius 2 is 0.902 bits per heavy atom. The lowest BCUT2D eigenvalue weighted by Gasteiger charge is -2.21. The summed E-state index contributed by atoms with van der Waals surface area (Å²) in [5, 5.41) is 7.82. The van der Waals surface area contributed by atoms with Gasteiger partial charge in [-0.1, -0.05) is 117 Å². The van der Waals surface area contributed by atoms with Crippen molar-refractivity contribution in [3.05, 3.63) is 169 Å². The van der Waals surface area contributed by atoms with Crippen LogP contribution in [0.15, 0.2) is 158 Å². The van der Waals surface area contributed by atoms with Crippen molar-refractivity contribution >= 4 is 54.4 Å². The summed E-state index contributed by atoms with van der Waals surface area (Å²) in [5.41, 5.74) is 18.1. The van der Waals surface area contributed by atoms with Gasteiger partial charge < -0.3 is 9.13 Å². The maximum absolute atomic E-state index is 2.48. The Bertz CT molecular complexity index is 3150. The second kappa shape index (κ2) is 9.44. The summed E-state index contributed by atoms with van der Waals surface area (Å²) in [7, 11) is 0. The Balaban J connectivity index is 1.10. The first-order valence-corrected chi connectivity index (χ1v) is 17.9. The maximum atomic E-state index is 2.48. The van der Waals surface area contributed by atoms with Crippen molar-refractivity contribution in [3.63, 3.8) is 0 Å². The first-order chi connectivity index (χ1) is 25.1. The van der Waals surface area contributed by atoms with E-state index in [2.05, 4.69) is 181 Å². The van der Waals surface area contributed by atoms with E-state index >= 15 is 0 Å². The summed E-state index contributed by atoms with van der Waals surface area (Å²) in [4.78, 5) is 0. The zero-order chi connectivity index (χ0) is 33.6. The SMILES string of the molecule is CC1(C)c2ccccc2-c2cc3c4ccccc4n(-c4ccc(-n5c6ccccc6c6cc7c8c(cccc8c65)-c5ccccc5-7)cc4)c3cc21. The molecule has 0 atom stereocenters. The largest absolute Gasteiger partial charge is 0.309 e. The van der Waals surface area contributed by atoms with Crippen LogP contribution in [0, 0.1) is 0 Å². The third-order valence-corrected chi connectivity index (χ3v) is 12.0. The molecule has 0 saturated carbocycles. The van der Waals surface area contributed by atoms with Crippen LogP contribution in [0.4, 0.5) is 0 Å². The number of benzene rings is 8. The number of nitrogens with zero attached hydrogens (tertiary/aromatic N) is 2. The molecular weight excluding hydrogens is 617 g/mol. The van der Waals surface area contributed by atoms with Gasteiger partial charge in [0, 0.05) is 43.7 Å². The van der Waals surface area contributed by atoms with Gasteiger partial charge in [0.05, 0.1) is 22.1 Å². The van der Waals surface area contributed by atoms with Gasteiger partial charge in [0.1, 0.15) is 0 Å². The minimum absolute atomic E-state index is 0.0624. The van der Waals surface area contributed by atoms with E-state index in [9.17, 15) is 0 Å². The second-order valence-corrected chi connectivity index (χ2v) is 14.9. The number of fused-ring (bicyclic) bond motifs is 13. The highest BCUT2D eigenvalue weighted by atomic mass is 15.0. The standard InChI is InChI=1S/C49H32N2/c1-49(2)42-19-8-5-14-33(42)38-26-39-34-15-6-9-20-44(34)50(46(39)28-43(38)49)29-22-24-30(25-23-29)51-45-21-10-7-16-35(45)41-27-40-32-13-4-3-12-31(32)36-17-11-18-37(47(36)40)48(41)51/h3-28H,1-2H3. The number of rotatable bonds is 2. The van der Waals surface area contributed by atoms with Crippen molar-refractivity contribution < 1.29 is 0 Å². The van der Waals surface area contributed by atoms with Crippen molar-refractivity contribution in [3.8, 4) is 44.8 Å². The number of para-hydroxylation sites is 2. The molecule has 2 aromatic heterocycles. The molecule has 238 valence electrons. The zero-order valence-corrected chi connectivity index (χ0v) is 28.4. The van der Waals surface area contributed by atoms with Crippen molar-refractivity contribution in [2.24, 2.45) is 0 Å². The lowest BCUT2D eigenvalue weighted by molar-refractivity contribution is 0.661. The fourth-order valence-electron chi connectivity index (χ4n) is 9.78. The average molecular weight is 649 g/mol. The van der Waals surface area contributed by atoms with Crippen LogP contribution in [-0.2, 0) is 5.41 Å². The third-order valence-electron chi connectivity index (χ3n) is 12.0. The molecule has 0 saturated heterocycles. The van der Waals surface area contributed by atoms with Gasteiger partial charge in [-0.3, -0.25) is 0 Å². The molecule has 10 aromatic rings. The minimum atomic E-state index is -0.0624. The molecule has 2 heterocycles. The minimum Gasteiger partial charge on any atom is -0.309 e. The highest BCUT2D eigenvalue weighted by molar-refractivity contribution is 6.27. The van der Waals surface area contributed by atoms with Crippen molar-refractivity contribution in [1.82, 2.24) is 9.13 Å². The zero-order valence-electron chi connectivity index (χ0n) is 28.4. The molecule has 0 fully saturated rings. The molecule has 0 amide bonds. The fourth-order valence-corrected chi connectivity index (χ4v) is 9.78. The summed E-state index contributed by atoms with van der Waals surface area (Å²) in [6.45, 7) is 4.73. The quantitative estimate of drug-likeness (QED) is 0.177. The van der Waals surface area contributed by atoms with Crippen LogP contribution in [0.2, 0.25) is 0 Å². The molecule has 2 aliphatic rings. The molecule has 0 radical (unpaired) electrons. The first kappa shape index (κ1) is 27.4. The van der Waals surface area contributed by atoms with Gasteiger partial charge in [-0.25, -0.2) is 0 Å². The number of aromatic nitrogens is 2. The van der Waals surface area contributed by atoms with E-state index in [-0.39, 0.29) is 5.41 Å². The van der Waals surface area contributed by atoms with E-state index < -0.39 is 0 Å². The van der Waals surface area contributed by atoms with E-state index in [1.54, 1.807) is 0 Å². The predicted molar refractivity (Wildman–Crippen MR) is 215 cm³/mol. The molecule has 8 aromatic carbocycles. The Morgan fingerprint density at radius 3 is 1.67 bits per heavy atom. The predicted octanol–water partition coefficient (Wildman–Crippen LogP) is 13.0. The van der Waals surface area contributed by atoms with Crippen molar-refractivity contribution in [2.45, 2.75) is 19.3 Å². The molecule has 0 unspecified atom stereocenters. The Kier molecular flexibility index (Phi) is 5.08. The van der Waals surface area contributed by atoms with E-state index in [1.165, 1.54) is 110 Å². The van der Waals surface area contributed by atoms with Crippen molar-refractivity contribution in [2.75, 3.05) is 0 Å². The lowest BCUT2D eigenvalue weighted by atomic mass is 9.82. The molecule has 2 nitrogen and oxygen atoms in total. The summed E-state index contributed by atoms with van der Waals surface area (Å²) >= 11 is 0. The second-order valence-electron chi connectivity index (χ2n) is 14.9. The summed E-state index contributed by atoms with van der Waals surface area (Å²) in [6, 6.07) is 59.0.